The van der Waals surface area contributed by atoms with Crippen LogP contribution in [0.25, 0.3) is 0 Å². The van der Waals surface area contributed by atoms with Crippen LogP contribution in [0.5, 0.6) is 0 Å². The van der Waals surface area contributed by atoms with Crippen LogP contribution >= 0.6 is 0 Å². The van der Waals surface area contributed by atoms with E-state index in [9.17, 15) is 9.59 Å². The lowest BCUT2D eigenvalue weighted by Gasteiger charge is -2.13. The van der Waals surface area contributed by atoms with Crippen molar-refractivity contribution in [1.29, 1.82) is 0 Å². The SMILES string of the molecule is O=C(C#CC(=O)N(CO)CO)N(CO)CO. The average Bonchev–Trinajstić information content (AvgIpc) is 2.29. The first kappa shape index (κ1) is 14.3. The van der Waals surface area contributed by atoms with Gasteiger partial charge in [-0.15, -0.1) is 0 Å². The van der Waals surface area contributed by atoms with Gasteiger partial charge < -0.3 is 20.4 Å². The molecule has 8 heteroatoms. The van der Waals surface area contributed by atoms with Crippen molar-refractivity contribution in [3.05, 3.63) is 0 Å². The topological polar surface area (TPSA) is 122 Å². The van der Waals surface area contributed by atoms with Crippen molar-refractivity contribution in [2.45, 2.75) is 0 Å². The third kappa shape index (κ3) is 4.24. The van der Waals surface area contributed by atoms with E-state index in [1.54, 1.807) is 0 Å². The first-order chi connectivity index (χ1) is 7.60. The van der Waals surface area contributed by atoms with Crippen molar-refractivity contribution >= 4 is 11.8 Å². The Kier molecular flexibility index (Phi) is 6.82. The predicted molar refractivity (Wildman–Crippen MR) is 49.8 cm³/mol. The maximum atomic E-state index is 11.0. The first-order valence-corrected chi connectivity index (χ1v) is 4.14. The molecule has 0 aliphatic carbocycles. The van der Waals surface area contributed by atoms with Crippen LogP contribution in [0.4, 0.5) is 0 Å². The van der Waals surface area contributed by atoms with E-state index in [1.165, 1.54) is 0 Å². The maximum Gasteiger partial charge on any atom is 0.302 e. The summed E-state index contributed by atoms with van der Waals surface area (Å²) in [6, 6.07) is 0. The summed E-state index contributed by atoms with van der Waals surface area (Å²) in [5.41, 5.74) is 0. The fraction of sp³-hybridized carbons (Fsp3) is 0.500. The molecule has 0 radical (unpaired) electrons. The monoisotopic (exact) mass is 232 g/mol. The van der Waals surface area contributed by atoms with E-state index < -0.39 is 38.7 Å². The van der Waals surface area contributed by atoms with Crippen LogP contribution in [-0.4, -0.2) is 69.0 Å². The molecule has 2 amide bonds. The Labute approximate surface area is 91.3 Å². The zero-order valence-electron chi connectivity index (χ0n) is 8.33. The van der Waals surface area contributed by atoms with Gasteiger partial charge in [-0.25, -0.2) is 0 Å². The highest BCUT2D eigenvalue weighted by Crippen LogP contribution is 1.86. The molecule has 16 heavy (non-hydrogen) atoms. The highest BCUT2D eigenvalue weighted by atomic mass is 16.3. The van der Waals surface area contributed by atoms with Crippen LogP contribution in [0.1, 0.15) is 0 Å². The quantitative estimate of drug-likeness (QED) is 0.294. The van der Waals surface area contributed by atoms with Crippen LogP contribution in [0.15, 0.2) is 0 Å². The van der Waals surface area contributed by atoms with Crippen molar-refractivity contribution in [2.75, 3.05) is 26.9 Å². The van der Waals surface area contributed by atoms with Gasteiger partial charge in [-0.1, -0.05) is 0 Å². The largest absolute Gasteiger partial charge is 0.376 e. The number of hydrogen-bond acceptors (Lipinski definition) is 6. The average molecular weight is 232 g/mol. The molecule has 4 N–H and O–H groups in total. The lowest BCUT2D eigenvalue weighted by Crippen LogP contribution is -2.33. The first-order valence-electron chi connectivity index (χ1n) is 4.14. The van der Waals surface area contributed by atoms with Crippen molar-refractivity contribution in [3.63, 3.8) is 0 Å². The van der Waals surface area contributed by atoms with Crippen molar-refractivity contribution in [3.8, 4) is 11.8 Å². The molecule has 0 heterocycles. The van der Waals surface area contributed by atoms with E-state index in [0.717, 1.165) is 0 Å². The fourth-order valence-corrected chi connectivity index (χ4v) is 0.611. The second-order valence-electron chi connectivity index (χ2n) is 2.51. The van der Waals surface area contributed by atoms with Crippen molar-refractivity contribution in [1.82, 2.24) is 9.80 Å². The molecule has 0 saturated carbocycles. The highest BCUT2D eigenvalue weighted by Gasteiger charge is 2.10. The molecule has 0 aromatic carbocycles. The Morgan fingerprint density at radius 2 is 1.00 bits per heavy atom. The molecule has 0 aliphatic rings. The molecule has 0 unspecified atom stereocenters. The molecule has 0 aromatic rings. The van der Waals surface area contributed by atoms with E-state index >= 15 is 0 Å². The van der Waals surface area contributed by atoms with Crippen molar-refractivity contribution in [2.24, 2.45) is 0 Å². The van der Waals surface area contributed by atoms with Gasteiger partial charge >= 0.3 is 11.8 Å². The maximum absolute atomic E-state index is 11.0. The molecule has 0 saturated heterocycles. The minimum absolute atomic E-state index is 0.572. The molecular weight excluding hydrogens is 220 g/mol. The van der Waals surface area contributed by atoms with Crippen molar-refractivity contribution < 1.29 is 30.0 Å². The standard InChI is InChI=1S/C8H12N2O6/c11-3-9(4-12)7(15)1-2-8(16)10(5-13)6-14/h11-14H,3-6H2. The van der Waals surface area contributed by atoms with E-state index in [0.29, 0.717) is 9.80 Å². The second-order valence-corrected chi connectivity index (χ2v) is 2.51. The van der Waals surface area contributed by atoms with Gasteiger partial charge in [-0.05, 0) is 0 Å². The van der Waals surface area contributed by atoms with Gasteiger partial charge in [0, 0.05) is 11.8 Å². The van der Waals surface area contributed by atoms with E-state index in [-0.39, 0.29) is 0 Å². The molecule has 90 valence electrons. The summed E-state index contributed by atoms with van der Waals surface area (Å²) in [6.45, 7) is -2.94. The number of carbonyl (C=O) groups excluding carboxylic acids is 2. The van der Waals surface area contributed by atoms with Crippen LogP contribution in [0.3, 0.4) is 0 Å². The molecule has 0 atom stereocenters. The molecular formula is C8H12N2O6. The highest BCUT2D eigenvalue weighted by molar-refractivity contribution is 6.02. The Hall–Kier alpha value is -1.66. The molecule has 8 nitrogen and oxygen atoms in total. The van der Waals surface area contributed by atoms with Crippen LogP contribution in [0.2, 0.25) is 0 Å². The molecule has 0 bridgehead atoms. The summed E-state index contributed by atoms with van der Waals surface area (Å²) < 4.78 is 0. The van der Waals surface area contributed by atoms with Gasteiger partial charge in [0.05, 0.1) is 0 Å². The summed E-state index contributed by atoms with van der Waals surface area (Å²) in [5, 5.41) is 34.3. The summed E-state index contributed by atoms with van der Waals surface area (Å²) in [5.74, 6) is 1.77. The molecule has 0 spiro atoms. The Balaban J connectivity index is 4.49. The normalized spacial score (nSPS) is 9.00. The molecule has 0 rings (SSSR count). The lowest BCUT2D eigenvalue weighted by atomic mass is 10.4. The molecule has 0 aromatic heterocycles. The minimum Gasteiger partial charge on any atom is -0.376 e. The van der Waals surface area contributed by atoms with E-state index in [1.807, 2.05) is 11.8 Å². The van der Waals surface area contributed by atoms with Crippen LogP contribution in [-0.2, 0) is 9.59 Å². The molecule has 0 fully saturated rings. The summed E-state index contributed by atoms with van der Waals surface area (Å²) >= 11 is 0. The predicted octanol–water partition coefficient (Wildman–Crippen LogP) is -3.55. The van der Waals surface area contributed by atoms with Gasteiger partial charge in [0.15, 0.2) is 0 Å². The van der Waals surface area contributed by atoms with Gasteiger partial charge in [-0.3, -0.25) is 19.4 Å². The lowest BCUT2D eigenvalue weighted by molar-refractivity contribution is -0.135. The summed E-state index contributed by atoms with van der Waals surface area (Å²) in [6.07, 6.45) is 0. The molecule has 0 aliphatic heterocycles. The number of aliphatic hydroxyl groups is 4. The number of amides is 2. The van der Waals surface area contributed by atoms with Gasteiger partial charge in [-0.2, -0.15) is 0 Å². The number of rotatable bonds is 4. The van der Waals surface area contributed by atoms with Crippen LogP contribution in [0, 0.1) is 11.8 Å². The Bertz CT molecular complexity index is 271. The summed E-state index contributed by atoms with van der Waals surface area (Å²) in [7, 11) is 0. The minimum atomic E-state index is -0.950. The van der Waals surface area contributed by atoms with E-state index in [4.69, 9.17) is 20.4 Å². The van der Waals surface area contributed by atoms with Gasteiger partial charge in [0.2, 0.25) is 0 Å². The van der Waals surface area contributed by atoms with Gasteiger partial charge in [0.1, 0.15) is 26.9 Å². The smallest absolute Gasteiger partial charge is 0.302 e. The van der Waals surface area contributed by atoms with E-state index in [2.05, 4.69) is 0 Å². The number of aliphatic hydroxyl groups excluding tert-OH is 4. The Morgan fingerprint density at radius 1 is 0.750 bits per heavy atom. The van der Waals surface area contributed by atoms with Crippen LogP contribution < -0.4 is 0 Å². The second kappa shape index (κ2) is 7.61. The fourth-order valence-electron chi connectivity index (χ4n) is 0.611. The number of carbonyl (C=O) groups is 2. The number of nitrogens with zero attached hydrogens (tertiary/aromatic N) is 2. The third-order valence-corrected chi connectivity index (χ3v) is 1.53. The third-order valence-electron chi connectivity index (χ3n) is 1.53. The summed E-state index contributed by atoms with van der Waals surface area (Å²) in [4.78, 5) is 23.2. The number of hydrogen-bond donors (Lipinski definition) is 4. The Morgan fingerprint density at radius 3 is 1.19 bits per heavy atom. The zero-order valence-corrected chi connectivity index (χ0v) is 8.33. The van der Waals surface area contributed by atoms with Gasteiger partial charge in [0.25, 0.3) is 0 Å². The zero-order chi connectivity index (χ0) is 12.6.